The minimum atomic E-state index is -0.128. The molecule has 1 aromatic rings. The van der Waals surface area contributed by atoms with Gasteiger partial charge in [-0.15, -0.1) is 0 Å². The predicted octanol–water partition coefficient (Wildman–Crippen LogP) is 1.23. The lowest BCUT2D eigenvalue weighted by Crippen LogP contribution is -2.21. The van der Waals surface area contributed by atoms with Gasteiger partial charge in [0.05, 0.1) is 6.61 Å². The van der Waals surface area contributed by atoms with Gasteiger partial charge in [-0.2, -0.15) is 0 Å². The first-order chi connectivity index (χ1) is 9.22. The van der Waals surface area contributed by atoms with E-state index in [4.69, 9.17) is 9.47 Å². The largest absolute Gasteiger partial charge is 0.383 e. The molecule has 0 aromatic heterocycles. The predicted molar refractivity (Wildman–Crippen MR) is 72.9 cm³/mol. The minimum absolute atomic E-state index is 0.0804. The van der Waals surface area contributed by atoms with E-state index < -0.39 is 0 Å². The topological polar surface area (TPSA) is 50.8 Å². The lowest BCUT2D eigenvalue weighted by molar-refractivity contribution is -0.119. The van der Waals surface area contributed by atoms with Crippen molar-refractivity contribution in [2.75, 3.05) is 39.3 Å². The number of amides is 1. The number of ether oxygens (including phenoxy) is 2. The number of fused-ring (bicyclic) bond motifs is 1. The van der Waals surface area contributed by atoms with Gasteiger partial charge in [-0.05, 0) is 23.3 Å². The van der Waals surface area contributed by atoms with Crippen LogP contribution in [0.4, 0.5) is 5.69 Å². The third-order valence-electron chi connectivity index (χ3n) is 3.16. The summed E-state index contributed by atoms with van der Waals surface area (Å²) in [5.41, 5.74) is 3.42. The SMILES string of the molecule is COCCN1Cc2ccc(NC(=O)COC)cc2C1. The molecule has 1 aliphatic heterocycles. The number of carbonyl (C=O) groups is 1. The Morgan fingerprint density at radius 1 is 1.26 bits per heavy atom. The van der Waals surface area contributed by atoms with Gasteiger partial charge in [-0.25, -0.2) is 0 Å². The summed E-state index contributed by atoms with van der Waals surface area (Å²) in [6, 6.07) is 6.05. The van der Waals surface area contributed by atoms with E-state index in [0.29, 0.717) is 0 Å². The highest BCUT2D eigenvalue weighted by atomic mass is 16.5. The monoisotopic (exact) mass is 264 g/mol. The summed E-state index contributed by atoms with van der Waals surface area (Å²) < 4.78 is 9.89. The molecule has 5 heteroatoms. The number of benzene rings is 1. The van der Waals surface area contributed by atoms with Crippen LogP contribution in [0.1, 0.15) is 11.1 Å². The van der Waals surface area contributed by atoms with Gasteiger partial charge in [0, 0.05) is 39.5 Å². The van der Waals surface area contributed by atoms with Crippen molar-refractivity contribution in [2.45, 2.75) is 13.1 Å². The average molecular weight is 264 g/mol. The average Bonchev–Trinajstić information content (AvgIpc) is 2.78. The fourth-order valence-corrected chi connectivity index (χ4v) is 2.25. The molecule has 1 aliphatic rings. The van der Waals surface area contributed by atoms with E-state index >= 15 is 0 Å². The first-order valence-corrected chi connectivity index (χ1v) is 6.35. The molecule has 0 saturated carbocycles. The van der Waals surface area contributed by atoms with Crippen LogP contribution in [0.2, 0.25) is 0 Å². The maximum atomic E-state index is 11.5. The smallest absolute Gasteiger partial charge is 0.250 e. The zero-order valence-electron chi connectivity index (χ0n) is 11.4. The van der Waals surface area contributed by atoms with Crippen molar-refractivity contribution >= 4 is 11.6 Å². The van der Waals surface area contributed by atoms with E-state index in [1.807, 2.05) is 12.1 Å². The van der Waals surface area contributed by atoms with Crippen LogP contribution in [0.3, 0.4) is 0 Å². The summed E-state index contributed by atoms with van der Waals surface area (Å²) >= 11 is 0. The molecule has 1 amide bonds. The summed E-state index contributed by atoms with van der Waals surface area (Å²) in [4.78, 5) is 13.8. The van der Waals surface area contributed by atoms with E-state index in [9.17, 15) is 4.79 Å². The van der Waals surface area contributed by atoms with E-state index in [0.717, 1.165) is 31.9 Å². The van der Waals surface area contributed by atoms with Crippen molar-refractivity contribution < 1.29 is 14.3 Å². The molecular formula is C14H20N2O3. The third-order valence-corrected chi connectivity index (χ3v) is 3.16. The van der Waals surface area contributed by atoms with Gasteiger partial charge in [0.15, 0.2) is 0 Å². The van der Waals surface area contributed by atoms with Crippen molar-refractivity contribution in [1.82, 2.24) is 4.90 Å². The van der Waals surface area contributed by atoms with Crippen molar-refractivity contribution in [3.63, 3.8) is 0 Å². The van der Waals surface area contributed by atoms with Crippen molar-refractivity contribution in [3.8, 4) is 0 Å². The molecule has 1 N–H and O–H groups in total. The number of hydrogen-bond donors (Lipinski definition) is 1. The molecule has 0 fully saturated rings. The first kappa shape index (κ1) is 14.0. The van der Waals surface area contributed by atoms with Crippen molar-refractivity contribution in [3.05, 3.63) is 29.3 Å². The summed E-state index contributed by atoms with van der Waals surface area (Å²) in [7, 11) is 3.22. The summed E-state index contributed by atoms with van der Waals surface area (Å²) in [5, 5.41) is 2.82. The van der Waals surface area contributed by atoms with Gasteiger partial charge < -0.3 is 14.8 Å². The van der Waals surface area contributed by atoms with Crippen LogP contribution in [-0.2, 0) is 27.4 Å². The summed E-state index contributed by atoms with van der Waals surface area (Å²) in [5.74, 6) is -0.128. The zero-order chi connectivity index (χ0) is 13.7. The Kier molecular flexibility index (Phi) is 4.90. The Labute approximate surface area is 113 Å². The third kappa shape index (κ3) is 3.76. The van der Waals surface area contributed by atoms with Crippen molar-refractivity contribution in [2.24, 2.45) is 0 Å². The van der Waals surface area contributed by atoms with Gasteiger partial charge in [0.1, 0.15) is 6.61 Å². The van der Waals surface area contributed by atoms with Crippen LogP contribution < -0.4 is 5.32 Å². The van der Waals surface area contributed by atoms with Gasteiger partial charge >= 0.3 is 0 Å². The van der Waals surface area contributed by atoms with E-state index in [-0.39, 0.29) is 12.5 Å². The molecule has 1 heterocycles. The molecule has 2 rings (SSSR count). The number of nitrogens with one attached hydrogen (secondary N) is 1. The Morgan fingerprint density at radius 3 is 2.79 bits per heavy atom. The fraction of sp³-hybridized carbons (Fsp3) is 0.500. The first-order valence-electron chi connectivity index (χ1n) is 6.35. The Balaban J connectivity index is 1.96. The minimum Gasteiger partial charge on any atom is -0.383 e. The lowest BCUT2D eigenvalue weighted by atomic mass is 10.1. The summed E-state index contributed by atoms with van der Waals surface area (Å²) in [6.45, 7) is 3.61. The van der Waals surface area contributed by atoms with Crippen LogP contribution in [0.25, 0.3) is 0 Å². The Bertz CT molecular complexity index is 448. The Morgan fingerprint density at radius 2 is 2.05 bits per heavy atom. The molecule has 1 aromatic carbocycles. The molecule has 0 bridgehead atoms. The molecule has 0 spiro atoms. The number of rotatable bonds is 6. The molecular weight excluding hydrogens is 244 g/mol. The standard InChI is InChI=1S/C14H20N2O3/c1-18-6-5-16-8-11-3-4-13(7-12(11)9-16)15-14(17)10-19-2/h3-4,7H,5-6,8-10H2,1-2H3,(H,15,17). The van der Waals surface area contributed by atoms with Gasteiger partial charge in [-0.1, -0.05) is 6.07 Å². The molecule has 19 heavy (non-hydrogen) atoms. The van der Waals surface area contributed by atoms with E-state index in [1.54, 1.807) is 7.11 Å². The van der Waals surface area contributed by atoms with Crippen LogP contribution in [0.5, 0.6) is 0 Å². The van der Waals surface area contributed by atoms with Crippen molar-refractivity contribution in [1.29, 1.82) is 0 Å². The number of nitrogens with zero attached hydrogens (tertiary/aromatic N) is 1. The van der Waals surface area contributed by atoms with Crippen LogP contribution in [-0.4, -0.2) is 44.8 Å². The molecule has 0 radical (unpaired) electrons. The highest BCUT2D eigenvalue weighted by Crippen LogP contribution is 2.25. The van der Waals surface area contributed by atoms with E-state index in [2.05, 4.69) is 16.3 Å². The second-order valence-electron chi connectivity index (χ2n) is 4.67. The second kappa shape index (κ2) is 6.65. The molecule has 104 valence electrons. The number of anilines is 1. The van der Waals surface area contributed by atoms with Crippen LogP contribution in [0.15, 0.2) is 18.2 Å². The number of methoxy groups -OCH3 is 2. The van der Waals surface area contributed by atoms with Gasteiger partial charge in [0.25, 0.3) is 0 Å². The van der Waals surface area contributed by atoms with Crippen LogP contribution >= 0.6 is 0 Å². The van der Waals surface area contributed by atoms with Crippen LogP contribution in [0, 0.1) is 0 Å². The maximum Gasteiger partial charge on any atom is 0.250 e. The summed E-state index contributed by atoms with van der Waals surface area (Å²) in [6.07, 6.45) is 0. The molecule has 0 unspecified atom stereocenters. The quantitative estimate of drug-likeness (QED) is 0.839. The molecule has 0 saturated heterocycles. The molecule has 0 aliphatic carbocycles. The molecule has 5 nitrogen and oxygen atoms in total. The number of carbonyl (C=O) groups excluding carboxylic acids is 1. The second-order valence-corrected chi connectivity index (χ2v) is 4.67. The van der Waals surface area contributed by atoms with E-state index in [1.165, 1.54) is 18.2 Å². The maximum absolute atomic E-state index is 11.5. The highest BCUT2D eigenvalue weighted by Gasteiger charge is 2.18. The van der Waals surface area contributed by atoms with Gasteiger partial charge in [0.2, 0.25) is 5.91 Å². The molecule has 0 atom stereocenters. The lowest BCUT2D eigenvalue weighted by Gasteiger charge is -2.13. The normalized spacial score (nSPS) is 14.4. The highest BCUT2D eigenvalue weighted by molar-refractivity contribution is 5.91. The van der Waals surface area contributed by atoms with Gasteiger partial charge in [-0.3, -0.25) is 9.69 Å². The number of hydrogen-bond acceptors (Lipinski definition) is 4. The Hall–Kier alpha value is -1.43. The fourth-order valence-electron chi connectivity index (χ4n) is 2.25. The zero-order valence-corrected chi connectivity index (χ0v) is 11.4.